The van der Waals surface area contributed by atoms with Crippen LogP contribution in [0.3, 0.4) is 0 Å². The van der Waals surface area contributed by atoms with E-state index in [1.807, 2.05) is 26.8 Å². The molecule has 2 N–H and O–H groups in total. The summed E-state index contributed by atoms with van der Waals surface area (Å²) in [4.78, 5) is 12.4. The normalized spacial score (nSPS) is 12.5. The first kappa shape index (κ1) is 20.5. The van der Waals surface area contributed by atoms with E-state index in [0.717, 1.165) is 18.4 Å². The van der Waals surface area contributed by atoms with Gasteiger partial charge in [0.05, 0.1) is 10.6 Å². The van der Waals surface area contributed by atoms with Gasteiger partial charge in [0.15, 0.2) is 0 Å². The minimum Gasteiger partial charge on any atom is -0.350 e. The summed E-state index contributed by atoms with van der Waals surface area (Å²) in [6, 6.07) is 11.5. The fourth-order valence-electron chi connectivity index (χ4n) is 2.54. The SMILES string of the molecule is CCC[C@@H](C)NC(=O)c1cccc(S(=O)(=O)Nc2cc(C)ccc2Br)c1. The molecule has 0 bridgehead atoms. The van der Waals surface area contributed by atoms with Crippen molar-refractivity contribution in [1.82, 2.24) is 5.32 Å². The number of halogens is 1. The van der Waals surface area contributed by atoms with Gasteiger partial charge in [-0.3, -0.25) is 9.52 Å². The first-order valence-electron chi connectivity index (χ1n) is 8.43. The molecule has 0 fully saturated rings. The van der Waals surface area contributed by atoms with E-state index < -0.39 is 10.0 Å². The van der Waals surface area contributed by atoms with E-state index in [-0.39, 0.29) is 16.8 Å². The van der Waals surface area contributed by atoms with Crippen molar-refractivity contribution in [2.45, 2.75) is 44.6 Å². The first-order valence-corrected chi connectivity index (χ1v) is 10.7. The van der Waals surface area contributed by atoms with Gasteiger partial charge in [-0.05, 0) is 72.1 Å². The third-order valence-electron chi connectivity index (χ3n) is 3.87. The third-order valence-corrected chi connectivity index (χ3v) is 5.93. The molecule has 5 nitrogen and oxygen atoms in total. The van der Waals surface area contributed by atoms with E-state index >= 15 is 0 Å². The van der Waals surface area contributed by atoms with Gasteiger partial charge >= 0.3 is 0 Å². The van der Waals surface area contributed by atoms with Crippen molar-refractivity contribution in [2.75, 3.05) is 4.72 Å². The Morgan fingerprint density at radius 2 is 1.92 bits per heavy atom. The van der Waals surface area contributed by atoms with Crippen LogP contribution >= 0.6 is 15.9 Å². The molecule has 0 saturated heterocycles. The third kappa shape index (κ3) is 5.32. The van der Waals surface area contributed by atoms with Crippen molar-refractivity contribution in [3.8, 4) is 0 Å². The highest BCUT2D eigenvalue weighted by Crippen LogP contribution is 2.26. The molecule has 0 unspecified atom stereocenters. The highest BCUT2D eigenvalue weighted by atomic mass is 79.9. The molecule has 0 aliphatic heterocycles. The van der Waals surface area contributed by atoms with Crippen LogP contribution in [0.2, 0.25) is 0 Å². The smallest absolute Gasteiger partial charge is 0.261 e. The van der Waals surface area contributed by atoms with E-state index in [1.54, 1.807) is 24.3 Å². The lowest BCUT2D eigenvalue weighted by atomic mass is 10.1. The van der Waals surface area contributed by atoms with Crippen molar-refractivity contribution >= 4 is 37.5 Å². The van der Waals surface area contributed by atoms with Crippen molar-refractivity contribution < 1.29 is 13.2 Å². The summed E-state index contributed by atoms with van der Waals surface area (Å²) in [7, 11) is -3.81. The molecule has 140 valence electrons. The van der Waals surface area contributed by atoms with Crippen molar-refractivity contribution in [2.24, 2.45) is 0 Å². The predicted molar refractivity (Wildman–Crippen MR) is 108 cm³/mol. The number of rotatable bonds is 7. The first-order chi connectivity index (χ1) is 12.2. The Morgan fingerprint density at radius 3 is 2.62 bits per heavy atom. The summed E-state index contributed by atoms with van der Waals surface area (Å²) < 4.78 is 28.6. The van der Waals surface area contributed by atoms with Crippen LogP contribution in [-0.2, 0) is 10.0 Å². The number of hydrogen-bond acceptors (Lipinski definition) is 3. The molecular formula is C19H23BrN2O3S. The average molecular weight is 439 g/mol. The van der Waals surface area contributed by atoms with Crippen LogP contribution in [0.4, 0.5) is 5.69 Å². The standard InChI is InChI=1S/C19H23BrN2O3S/c1-4-6-14(3)21-19(23)15-7-5-8-16(12-15)26(24,25)22-18-11-13(2)9-10-17(18)20/h5,7-12,14,22H,4,6H2,1-3H3,(H,21,23)/t14-/m1/s1. The molecule has 0 heterocycles. The summed E-state index contributed by atoms with van der Waals surface area (Å²) in [5.74, 6) is -0.278. The molecule has 0 aromatic heterocycles. The summed E-state index contributed by atoms with van der Waals surface area (Å²) in [5.41, 5.74) is 1.71. The number of aryl methyl sites for hydroxylation is 1. The van der Waals surface area contributed by atoms with Gasteiger partial charge in [0, 0.05) is 16.1 Å². The molecule has 7 heteroatoms. The molecule has 0 aliphatic rings. The molecule has 0 saturated carbocycles. The van der Waals surface area contributed by atoms with Crippen molar-refractivity contribution in [1.29, 1.82) is 0 Å². The number of sulfonamides is 1. The monoisotopic (exact) mass is 438 g/mol. The van der Waals surface area contributed by atoms with Crippen LogP contribution in [-0.4, -0.2) is 20.4 Å². The van der Waals surface area contributed by atoms with Crippen LogP contribution in [0.5, 0.6) is 0 Å². The zero-order chi connectivity index (χ0) is 19.3. The van der Waals surface area contributed by atoms with Gasteiger partial charge in [-0.15, -0.1) is 0 Å². The molecular weight excluding hydrogens is 416 g/mol. The van der Waals surface area contributed by atoms with Crippen molar-refractivity contribution in [3.63, 3.8) is 0 Å². The second-order valence-electron chi connectivity index (χ2n) is 6.28. The highest BCUT2D eigenvalue weighted by Gasteiger charge is 2.18. The number of benzene rings is 2. The summed E-state index contributed by atoms with van der Waals surface area (Å²) in [6.45, 7) is 5.86. The fourth-order valence-corrected chi connectivity index (χ4v) is 4.13. The molecule has 26 heavy (non-hydrogen) atoms. The number of amides is 1. The van der Waals surface area contributed by atoms with Crippen LogP contribution in [0, 0.1) is 6.92 Å². The maximum Gasteiger partial charge on any atom is 0.261 e. The van der Waals surface area contributed by atoms with E-state index in [0.29, 0.717) is 15.7 Å². The molecule has 1 amide bonds. The molecule has 1 atom stereocenters. The second-order valence-corrected chi connectivity index (χ2v) is 8.82. The molecule has 0 radical (unpaired) electrons. The number of carbonyl (C=O) groups excluding carboxylic acids is 1. The lowest BCUT2D eigenvalue weighted by molar-refractivity contribution is 0.0938. The Kier molecular flexibility index (Phi) is 6.83. The average Bonchev–Trinajstić information content (AvgIpc) is 2.58. The number of anilines is 1. The Labute approximate surface area is 163 Å². The van der Waals surface area contributed by atoms with E-state index in [2.05, 4.69) is 26.0 Å². The quantitative estimate of drug-likeness (QED) is 0.668. The van der Waals surface area contributed by atoms with Crippen molar-refractivity contribution in [3.05, 3.63) is 58.1 Å². The molecule has 2 aromatic rings. The second kappa shape index (κ2) is 8.68. The lowest BCUT2D eigenvalue weighted by Crippen LogP contribution is -2.32. The largest absolute Gasteiger partial charge is 0.350 e. The number of nitrogens with one attached hydrogen (secondary N) is 2. The number of hydrogen-bond donors (Lipinski definition) is 2. The molecule has 2 aromatic carbocycles. The van der Waals surface area contributed by atoms with E-state index in [9.17, 15) is 13.2 Å². The van der Waals surface area contributed by atoms with Crippen LogP contribution in [0.1, 0.15) is 42.6 Å². The van der Waals surface area contributed by atoms with Gasteiger partial charge in [0.25, 0.3) is 15.9 Å². The highest BCUT2D eigenvalue weighted by molar-refractivity contribution is 9.10. The maximum atomic E-state index is 12.7. The van der Waals surface area contributed by atoms with Gasteiger partial charge < -0.3 is 5.32 Å². The summed E-state index contributed by atoms with van der Waals surface area (Å²) >= 11 is 3.34. The van der Waals surface area contributed by atoms with E-state index in [4.69, 9.17) is 0 Å². The zero-order valence-corrected chi connectivity index (χ0v) is 17.4. The Bertz CT molecular complexity index is 897. The molecule has 2 rings (SSSR count). The van der Waals surface area contributed by atoms with Crippen LogP contribution in [0.15, 0.2) is 51.8 Å². The summed E-state index contributed by atoms with van der Waals surface area (Å²) in [5, 5.41) is 2.88. The van der Waals surface area contributed by atoms with Gasteiger partial charge in [-0.1, -0.05) is 25.5 Å². The van der Waals surface area contributed by atoms with Crippen LogP contribution in [0.25, 0.3) is 0 Å². The fraction of sp³-hybridized carbons (Fsp3) is 0.316. The van der Waals surface area contributed by atoms with Gasteiger partial charge in [0.1, 0.15) is 0 Å². The predicted octanol–water partition coefficient (Wildman–Crippen LogP) is 4.48. The summed E-state index contributed by atoms with van der Waals surface area (Å²) in [6.07, 6.45) is 1.83. The topological polar surface area (TPSA) is 75.3 Å². The minimum atomic E-state index is -3.81. The Hall–Kier alpha value is -1.86. The molecule has 0 spiro atoms. The lowest BCUT2D eigenvalue weighted by Gasteiger charge is -2.14. The van der Waals surface area contributed by atoms with E-state index in [1.165, 1.54) is 12.1 Å². The van der Waals surface area contributed by atoms with Crippen LogP contribution < -0.4 is 10.0 Å². The zero-order valence-electron chi connectivity index (χ0n) is 15.0. The van der Waals surface area contributed by atoms with Gasteiger partial charge in [-0.2, -0.15) is 0 Å². The Balaban J connectivity index is 2.25. The maximum absolute atomic E-state index is 12.7. The van der Waals surface area contributed by atoms with Gasteiger partial charge in [-0.25, -0.2) is 8.42 Å². The Morgan fingerprint density at radius 1 is 1.19 bits per heavy atom. The number of carbonyl (C=O) groups is 1. The molecule has 0 aliphatic carbocycles. The van der Waals surface area contributed by atoms with Gasteiger partial charge in [0.2, 0.25) is 0 Å². The minimum absolute atomic E-state index is 0.0362.